The first kappa shape index (κ1) is 25.4. The molecule has 0 spiro atoms. The van der Waals surface area contributed by atoms with Crippen LogP contribution in [0, 0.1) is 0 Å². The van der Waals surface area contributed by atoms with E-state index in [-0.39, 0.29) is 11.4 Å². The highest BCUT2D eigenvalue weighted by atomic mass is 16.5. The van der Waals surface area contributed by atoms with Crippen molar-refractivity contribution in [2.75, 3.05) is 13.2 Å². The summed E-state index contributed by atoms with van der Waals surface area (Å²) >= 11 is 0. The van der Waals surface area contributed by atoms with Crippen molar-refractivity contribution < 1.29 is 14.1 Å². The topological polar surface area (TPSA) is 29.3 Å². The van der Waals surface area contributed by atoms with Crippen LogP contribution in [0.2, 0.25) is 0 Å². The Kier molecular flexibility index (Phi) is 11.9. The van der Waals surface area contributed by atoms with E-state index in [0.717, 1.165) is 19.4 Å². The van der Waals surface area contributed by atoms with E-state index in [2.05, 4.69) is 49.6 Å². The Bertz CT molecular complexity index is 646. The van der Waals surface area contributed by atoms with E-state index >= 15 is 0 Å². The number of fused-ring (bicyclic) bond motifs is 1. The van der Waals surface area contributed by atoms with Gasteiger partial charge in [-0.2, -0.15) is 4.58 Å². The van der Waals surface area contributed by atoms with Crippen LogP contribution in [0.15, 0.2) is 24.3 Å². The zero-order valence-electron chi connectivity index (χ0n) is 19.9. The summed E-state index contributed by atoms with van der Waals surface area (Å²) in [5.41, 5.74) is 4.50. The van der Waals surface area contributed by atoms with Gasteiger partial charge in [0.25, 0.3) is 0 Å². The number of ether oxygens (including phenoxy) is 1. The molecule has 1 aromatic carbocycles. The zero-order valence-corrected chi connectivity index (χ0v) is 19.9. The maximum atomic E-state index is 11.3. The molecule has 1 aliphatic rings. The fourth-order valence-electron chi connectivity index (χ4n) is 4.07. The maximum Gasteiger partial charge on any atom is 0.305 e. The maximum absolute atomic E-state index is 11.3. The third-order valence-corrected chi connectivity index (χ3v) is 6.00. The lowest BCUT2D eigenvalue weighted by atomic mass is 9.82. The van der Waals surface area contributed by atoms with E-state index in [4.69, 9.17) is 4.74 Å². The normalized spacial score (nSPS) is 14.3. The Labute approximate surface area is 179 Å². The van der Waals surface area contributed by atoms with Gasteiger partial charge in [0, 0.05) is 31.4 Å². The smallest absolute Gasteiger partial charge is 0.305 e. The van der Waals surface area contributed by atoms with Crippen molar-refractivity contribution in [2.45, 2.75) is 105 Å². The van der Waals surface area contributed by atoms with E-state index in [1.807, 2.05) is 20.8 Å². The first-order valence-corrected chi connectivity index (χ1v) is 11.8. The van der Waals surface area contributed by atoms with Gasteiger partial charge in [0.15, 0.2) is 5.71 Å². The molecule has 1 aliphatic heterocycles. The standard InChI is InChI=1S/C24H38NO2.C2H6/c1-5-27-23(26)18-12-10-8-6-7-9-11-15-19-25-20(2)24(3,4)21-16-13-14-17-22(21)25;1-2/h13-14,16-17H,5-12,15,18-19H2,1-4H3;1-2H3/q+1;. The molecular weight excluding hydrogens is 358 g/mol. The summed E-state index contributed by atoms with van der Waals surface area (Å²) in [6.07, 6.45) is 10.4. The number of nitrogens with zero attached hydrogens (tertiary/aromatic N) is 1. The minimum Gasteiger partial charge on any atom is -0.466 e. The monoisotopic (exact) mass is 402 g/mol. The summed E-state index contributed by atoms with van der Waals surface area (Å²) in [6, 6.07) is 8.86. The molecule has 1 heterocycles. The lowest BCUT2D eigenvalue weighted by Gasteiger charge is -2.14. The number of unbranched alkanes of at least 4 members (excludes halogenated alkanes) is 7. The molecule has 1 aromatic rings. The zero-order chi connectivity index (χ0) is 21.7. The van der Waals surface area contributed by atoms with Gasteiger partial charge >= 0.3 is 5.97 Å². The molecule has 0 unspecified atom stereocenters. The quantitative estimate of drug-likeness (QED) is 0.210. The summed E-state index contributed by atoms with van der Waals surface area (Å²) in [5.74, 6) is -0.0451. The number of carbonyl (C=O) groups excluding carboxylic acids is 1. The van der Waals surface area contributed by atoms with Crippen molar-refractivity contribution in [3.63, 3.8) is 0 Å². The Morgan fingerprint density at radius 2 is 1.48 bits per heavy atom. The van der Waals surface area contributed by atoms with E-state index in [1.54, 1.807) is 0 Å². The molecule has 0 bridgehead atoms. The average molecular weight is 403 g/mol. The predicted molar refractivity (Wildman–Crippen MR) is 124 cm³/mol. The fourth-order valence-corrected chi connectivity index (χ4v) is 4.07. The molecule has 0 amide bonds. The minimum absolute atomic E-state index is 0.0451. The molecule has 2 rings (SSSR count). The van der Waals surface area contributed by atoms with Crippen LogP contribution in [-0.4, -0.2) is 29.4 Å². The van der Waals surface area contributed by atoms with Crippen molar-refractivity contribution in [1.82, 2.24) is 0 Å². The van der Waals surface area contributed by atoms with Crippen LogP contribution in [0.5, 0.6) is 0 Å². The number of carbonyl (C=O) groups is 1. The third kappa shape index (κ3) is 7.60. The Hall–Kier alpha value is -1.64. The van der Waals surface area contributed by atoms with Crippen molar-refractivity contribution in [2.24, 2.45) is 0 Å². The third-order valence-electron chi connectivity index (χ3n) is 6.00. The summed E-state index contributed by atoms with van der Waals surface area (Å²) < 4.78 is 7.49. The second-order valence-electron chi connectivity index (χ2n) is 8.26. The minimum atomic E-state index is -0.0451. The van der Waals surface area contributed by atoms with Gasteiger partial charge < -0.3 is 4.74 Å². The van der Waals surface area contributed by atoms with Crippen LogP contribution < -0.4 is 0 Å². The molecule has 29 heavy (non-hydrogen) atoms. The van der Waals surface area contributed by atoms with Crippen molar-refractivity contribution in [1.29, 1.82) is 0 Å². The largest absolute Gasteiger partial charge is 0.466 e. The molecule has 0 atom stereocenters. The molecule has 0 saturated carbocycles. The van der Waals surface area contributed by atoms with Crippen LogP contribution in [0.4, 0.5) is 5.69 Å². The second kappa shape index (κ2) is 13.6. The Balaban J connectivity index is 0.00000204. The van der Waals surface area contributed by atoms with Crippen LogP contribution in [0.25, 0.3) is 0 Å². The first-order valence-electron chi connectivity index (χ1n) is 11.8. The van der Waals surface area contributed by atoms with E-state index in [0.29, 0.717) is 13.0 Å². The van der Waals surface area contributed by atoms with Crippen LogP contribution in [0.3, 0.4) is 0 Å². The van der Waals surface area contributed by atoms with Crippen LogP contribution >= 0.6 is 0 Å². The highest BCUT2D eigenvalue weighted by Gasteiger charge is 2.42. The van der Waals surface area contributed by atoms with E-state index in [1.165, 1.54) is 55.5 Å². The molecule has 3 heteroatoms. The molecule has 0 N–H and O–H groups in total. The summed E-state index contributed by atoms with van der Waals surface area (Å²) in [7, 11) is 0. The molecule has 0 radical (unpaired) electrons. The number of benzene rings is 1. The second-order valence-corrected chi connectivity index (χ2v) is 8.26. The fraction of sp³-hybridized carbons (Fsp3) is 0.692. The Morgan fingerprint density at radius 3 is 2.10 bits per heavy atom. The number of hydrogen-bond donors (Lipinski definition) is 0. The molecule has 0 fully saturated rings. The van der Waals surface area contributed by atoms with Gasteiger partial charge in [0.1, 0.15) is 6.54 Å². The van der Waals surface area contributed by atoms with Gasteiger partial charge in [-0.3, -0.25) is 4.79 Å². The van der Waals surface area contributed by atoms with Gasteiger partial charge in [-0.15, -0.1) is 0 Å². The van der Waals surface area contributed by atoms with Gasteiger partial charge in [-0.1, -0.05) is 64.2 Å². The van der Waals surface area contributed by atoms with Gasteiger partial charge in [0.2, 0.25) is 5.69 Å². The van der Waals surface area contributed by atoms with Gasteiger partial charge in [-0.05, 0) is 33.6 Å². The van der Waals surface area contributed by atoms with Gasteiger partial charge in [0.05, 0.1) is 12.0 Å². The van der Waals surface area contributed by atoms with E-state index in [9.17, 15) is 4.79 Å². The molecule has 3 nitrogen and oxygen atoms in total. The van der Waals surface area contributed by atoms with Crippen molar-refractivity contribution in [3.8, 4) is 0 Å². The molecular formula is C26H44NO2+. The Morgan fingerprint density at radius 1 is 0.931 bits per heavy atom. The SMILES string of the molecule is CC.CCOC(=O)CCCCCCCCCC[N+]1=C(C)C(C)(C)c2ccccc21. The number of hydrogen-bond acceptors (Lipinski definition) is 2. The van der Waals surface area contributed by atoms with Crippen molar-refractivity contribution in [3.05, 3.63) is 29.8 Å². The summed E-state index contributed by atoms with van der Waals surface area (Å²) in [6.45, 7) is 14.4. The molecule has 164 valence electrons. The highest BCUT2D eigenvalue weighted by Crippen LogP contribution is 2.39. The molecule has 0 saturated heterocycles. The number of para-hydroxylation sites is 1. The van der Waals surface area contributed by atoms with Crippen molar-refractivity contribution >= 4 is 17.4 Å². The molecule has 0 aromatic heterocycles. The number of rotatable bonds is 12. The highest BCUT2D eigenvalue weighted by molar-refractivity contribution is 5.93. The first-order chi connectivity index (χ1) is 14.0. The summed E-state index contributed by atoms with van der Waals surface area (Å²) in [5, 5.41) is 0. The predicted octanol–water partition coefficient (Wildman–Crippen LogP) is 7.18. The molecule has 0 aliphatic carbocycles. The van der Waals surface area contributed by atoms with Crippen LogP contribution in [0.1, 0.15) is 105 Å². The lowest BCUT2D eigenvalue weighted by molar-refractivity contribution is -0.439. The summed E-state index contributed by atoms with van der Waals surface area (Å²) in [4.78, 5) is 11.3. The lowest BCUT2D eigenvalue weighted by Crippen LogP contribution is -2.26. The van der Waals surface area contributed by atoms with Crippen LogP contribution in [-0.2, 0) is 14.9 Å². The van der Waals surface area contributed by atoms with Gasteiger partial charge in [-0.25, -0.2) is 0 Å². The number of esters is 1. The average Bonchev–Trinajstić information content (AvgIpc) is 2.92. The van der Waals surface area contributed by atoms with E-state index < -0.39 is 0 Å².